The van der Waals surface area contributed by atoms with Crippen LogP contribution < -0.4 is 10.6 Å². The summed E-state index contributed by atoms with van der Waals surface area (Å²) < 4.78 is 0. The van der Waals surface area contributed by atoms with Gasteiger partial charge in [0, 0.05) is 29.9 Å². The van der Waals surface area contributed by atoms with E-state index in [1.54, 1.807) is 0 Å². The third kappa shape index (κ3) is 2.11. The number of nitrogens with zero attached hydrogens (tertiary/aromatic N) is 1. The second-order valence-corrected chi connectivity index (χ2v) is 4.71. The van der Waals surface area contributed by atoms with E-state index < -0.39 is 0 Å². The van der Waals surface area contributed by atoms with Gasteiger partial charge in [0.05, 0.1) is 5.52 Å². The van der Waals surface area contributed by atoms with Crippen molar-refractivity contribution >= 4 is 16.6 Å². The van der Waals surface area contributed by atoms with E-state index in [2.05, 4.69) is 46.8 Å². The van der Waals surface area contributed by atoms with E-state index in [0.29, 0.717) is 6.04 Å². The van der Waals surface area contributed by atoms with Gasteiger partial charge in [-0.1, -0.05) is 11.6 Å². The van der Waals surface area contributed by atoms with Gasteiger partial charge in [0.1, 0.15) is 0 Å². The zero-order valence-electron chi connectivity index (χ0n) is 10.0. The smallest absolute Gasteiger partial charge is 0.0722 e. The van der Waals surface area contributed by atoms with Crippen molar-refractivity contribution in [2.24, 2.45) is 0 Å². The van der Waals surface area contributed by atoms with Crippen LogP contribution >= 0.6 is 0 Å². The van der Waals surface area contributed by atoms with Crippen molar-refractivity contribution in [1.82, 2.24) is 10.3 Å². The third-order valence-corrected chi connectivity index (χ3v) is 3.32. The molecule has 1 saturated heterocycles. The number of fused-ring (bicyclic) bond motifs is 1. The van der Waals surface area contributed by atoms with E-state index in [9.17, 15) is 0 Å². The first kappa shape index (κ1) is 10.5. The lowest BCUT2D eigenvalue weighted by atomic mass is 10.1. The van der Waals surface area contributed by atoms with E-state index in [1.165, 1.54) is 23.1 Å². The molecule has 0 aliphatic carbocycles. The van der Waals surface area contributed by atoms with E-state index in [4.69, 9.17) is 0 Å². The molecule has 0 spiro atoms. The number of rotatable bonds is 2. The van der Waals surface area contributed by atoms with Gasteiger partial charge in [0.15, 0.2) is 0 Å². The highest BCUT2D eigenvalue weighted by atomic mass is 15.0. The molecule has 88 valence electrons. The predicted octanol–water partition coefficient (Wildman–Crippen LogP) is 2.32. The SMILES string of the molecule is Cc1ccc2nccc(N[C@@H]3CCNC3)c2c1. The summed E-state index contributed by atoms with van der Waals surface area (Å²) in [5, 5.41) is 8.20. The molecule has 3 heteroatoms. The first-order chi connectivity index (χ1) is 8.33. The number of nitrogens with one attached hydrogen (secondary N) is 2. The number of hydrogen-bond acceptors (Lipinski definition) is 3. The molecule has 2 aromatic rings. The number of aromatic nitrogens is 1. The van der Waals surface area contributed by atoms with Gasteiger partial charge in [-0.2, -0.15) is 0 Å². The fourth-order valence-corrected chi connectivity index (χ4v) is 2.38. The van der Waals surface area contributed by atoms with Crippen LogP contribution in [0.15, 0.2) is 30.5 Å². The Hall–Kier alpha value is -1.61. The molecule has 0 bridgehead atoms. The van der Waals surface area contributed by atoms with E-state index in [0.717, 1.165) is 18.6 Å². The molecule has 1 atom stereocenters. The van der Waals surface area contributed by atoms with E-state index in [1.807, 2.05) is 6.20 Å². The Morgan fingerprint density at radius 2 is 2.29 bits per heavy atom. The molecule has 17 heavy (non-hydrogen) atoms. The molecule has 2 N–H and O–H groups in total. The Labute approximate surface area is 101 Å². The van der Waals surface area contributed by atoms with Crippen molar-refractivity contribution in [3.63, 3.8) is 0 Å². The van der Waals surface area contributed by atoms with Crippen LogP contribution in [0.25, 0.3) is 10.9 Å². The molecule has 0 amide bonds. The van der Waals surface area contributed by atoms with Gasteiger partial charge >= 0.3 is 0 Å². The Morgan fingerprint density at radius 3 is 3.12 bits per heavy atom. The van der Waals surface area contributed by atoms with Crippen molar-refractivity contribution < 1.29 is 0 Å². The molecule has 3 nitrogen and oxygen atoms in total. The second kappa shape index (κ2) is 4.34. The topological polar surface area (TPSA) is 37.0 Å². The highest BCUT2D eigenvalue weighted by Gasteiger charge is 2.14. The van der Waals surface area contributed by atoms with Crippen LogP contribution in [-0.2, 0) is 0 Å². The minimum Gasteiger partial charge on any atom is -0.380 e. The van der Waals surface area contributed by atoms with Gasteiger partial charge in [-0.25, -0.2) is 0 Å². The average Bonchev–Trinajstić information content (AvgIpc) is 2.83. The Kier molecular flexibility index (Phi) is 2.69. The lowest BCUT2D eigenvalue weighted by Crippen LogP contribution is -2.22. The maximum atomic E-state index is 4.40. The molecule has 1 aliphatic heterocycles. The monoisotopic (exact) mass is 227 g/mol. The molecular weight excluding hydrogens is 210 g/mol. The molecule has 0 unspecified atom stereocenters. The fourth-order valence-electron chi connectivity index (χ4n) is 2.38. The lowest BCUT2D eigenvalue weighted by Gasteiger charge is -2.15. The van der Waals surface area contributed by atoms with Crippen molar-refractivity contribution in [2.75, 3.05) is 18.4 Å². The van der Waals surface area contributed by atoms with Crippen LogP contribution in [0.3, 0.4) is 0 Å². The van der Waals surface area contributed by atoms with Gasteiger partial charge in [-0.05, 0) is 38.1 Å². The number of anilines is 1. The first-order valence-electron chi connectivity index (χ1n) is 6.15. The minimum atomic E-state index is 0.543. The molecular formula is C14H17N3. The summed E-state index contributed by atoms with van der Waals surface area (Å²) in [6.07, 6.45) is 3.07. The lowest BCUT2D eigenvalue weighted by molar-refractivity contribution is 0.794. The summed E-state index contributed by atoms with van der Waals surface area (Å²) in [5.74, 6) is 0. The summed E-state index contributed by atoms with van der Waals surface area (Å²) >= 11 is 0. The number of aryl methyl sites for hydroxylation is 1. The van der Waals surface area contributed by atoms with Gasteiger partial charge in [-0.15, -0.1) is 0 Å². The predicted molar refractivity (Wildman–Crippen MR) is 71.4 cm³/mol. The zero-order chi connectivity index (χ0) is 11.7. The Balaban J connectivity index is 1.99. The molecule has 0 radical (unpaired) electrons. The summed E-state index contributed by atoms with van der Waals surface area (Å²) in [5.41, 5.74) is 3.54. The molecule has 1 aliphatic rings. The summed E-state index contributed by atoms with van der Waals surface area (Å²) in [4.78, 5) is 4.40. The van der Waals surface area contributed by atoms with Gasteiger partial charge < -0.3 is 10.6 Å². The van der Waals surface area contributed by atoms with Gasteiger partial charge in [0.25, 0.3) is 0 Å². The molecule has 0 saturated carbocycles. The number of pyridine rings is 1. The van der Waals surface area contributed by atoms with Crippen LogP contribution in [0, 0.1) is 6.92 Å². The highest BCUT2D eigenvalue weighted by Crippen LogP contribution is 2.23. The fraction of sp³-hybridized carbons (Fsp3) is 0.357. The quantitative estimate of drug-likeness (QED) is 0.826. The Morgan fingerprint density at radius 1 is 1.35 bits per heavy atom. The Bertz CT molecular complexity index is 530. The summed E-state index contributed by atoms with van der Waals surface area (Å²) in [7, 11) is 0. The molecule has 2 heterocycles. The standard InChI is InChI=1S/C14H17N3/c1-10-2-3-13-12(8-10)14(5-7-16-13)17-11-4-6-15-9-11/h2-3,5,7-8,11,15H,4,6,9H2,1H3,(H,16,17)/t11-/m1/s1. The van der Waals surface area contributed by atoms with Crippen LogP contribution in [0.5, 0.6) is 0 Å². The highest BCUT2D eigenvalue weighted by molar-refractivity contribution is 5.91. The van der Waals surface area contributed by atoms with Crippen LogP contribution in [0.4, 0.5) is 5.69 Å². The van der Waals surface area contributed by atoms with Crippen molar-refractivity contribution in [3.8, 4) is 0 Å². The largest absolute Gasteiger partial charge is 0.380 e. The maximum absolute atomic E-state index is 4.40. The first-order valence-corrected chi connectivity index (χ1v) is 6.15. The second-order valence-electron chi connectivity index (χ2n) is 4.71. The normalized spacial score (nSPS) is 19.7. The minimum absolute atomic E-state index is 0.543. The van der Waals surface area contributed by atoms with Gasteiger partial charge in [0.2, 0.25) is 0 Å². The number of benzene rings is 1. The third-order valence-electron chi connectivity index (χ3n) is 3.32. The number of hydrogen-bond donors (Lipinski definition) is 2. The van der Waals surface area contributed by atoms with Crippen LogP contribution in [-0.4, -0.2) is 24.1 Å². The molecule has 3 rings (SSSR count). The van der Waals surface area contributed by atoms with Crippen molar-refractivity contribution in [3.05, 3.63) is 36.0 Å². The van der Waals surface area contributed by atoms with Gasteiger partial charge in [-0.3, -0.25) is 4.98 Å². The molecule has 1 aromatic heterocycles. The van der Waals surface area contributed by atoms with E-state index >= 15 is 0 Å². The van der Waals surface area contributed by atoms with Crippen LogP contribution in [0.2, 0.25) is 0 Å². The van der Waals surface area contributed by atoms with Crippen molar-refractivity contribution in [1.29, 1.82) is 0 Å². The average molecular weight is 227 g/mol. The zero-order valence-corrected chi connectivity index (χ0v) is 10.0. The van der Waals surface area contributed by atoms with Crippen molar-refractivity contribution in [2.45, 2.75) is 19.4 Å². The summed E-state index contributed by atoms with van der Waals surface area (Å²) in [6.45, 7) is 4.28. The molecule has 1 aromatic carbocycles. The maximum Gasteiger partial charge on any atom is 0.0722 e. The summed E-state index contributed by atoms with van der Waals surface area (Å²) in [6, 6.07) is 9.01. The molecule has 1 fully saturated rings. The van der Waals surface area contributed by atoms with E-state index in [-0.39, 0.29) is 0 Å². The van der Waals surface area contributed by atoms with Crippen LogP contribution in [0.1, 0.15) is 12.0 Å².